The number of hydrogen-bond acceptors (Lipinski definition) is 2. The van der Waals surface area contributed by atoms with E-state index in [0.29, 0.717) is 26.1 Å². The summed E-state index contributed by atoms with van der Waals surface area (Å²) in [6, 6.07) is 18.5. The molecule has 1 aliphatic heterocycles. The second-order valence-corrected chi connectivity index (χ2v) is 6.72. The third kappa shape index (κ3) is 5.58. The molecule has 1 saturated heterocycles. The summed E-state index contributed by atoms with van der Waals surface area (Å²) in [5.74, 6) is 1.06. The molecule has 0 aliphatic carbocycles. The molecule has 27 heavy (non-hydrogen) atoms. The average molecular weight is 364 g/mol. The van der Waals surface area contributed by atoms with Gasteiger partial charge >= 0.3 is 0 Å². The molecule has 5 nitrogen and oxygen atoms in total. The SMILES string of the molecule is CCNC(=NCc1ccccc1)NCc1ccccc1CN1CCCC1=O. The van der Waals surface area contributed by atoms with Gasteiger partial charge in [-0.15, -0.1) is 0 Å². The Labute approximate surface area is 161 Å². The first-order valence-electron chi connectivity index (χ1n) is 9.67. The van der Waals surface area contributed by atoms with Gasteiger partial charge in [-0.05, 0) is 30.0 Å². The number of benzene rings is 2. The van der Waals surface area contributed by atoms with Crippen LogP contribution >= 0.6 is 0 Å². The van der Waals surface area contributed by atoms with Crippen LogP contribution in [0.2, 0.25) is 0 Å². The Kier molecular flexibility index (Phi) is 6.85. The van der Waals surface area contributed by atoms with Gasteiger partial charge in [0.2, 0.25) is 5.91 Å². The highest BCUT2D eigenvalue weighted by Crippen LogP contribution is 2.17. The number of hydrogen-bond donors (Lipinski definition) is 2. The van der Waals surface area contributed by atoms with Gasteiger partial charge in [-0.1, -0.05) is 54.6 Å². The number of rotatable bonds is 7. The van der Waals surface area contributed by atoms with Crippen LogP contribution in [0, 0.1) is 0 Å². The maximum absolute atomic E-state index is 11.9. The van der Waals surface area contributed by atoms with Gasteiger partial charge < -0.3 is 15.5 Å². The van der Waals surface area contributed by atoms with Crippen molar-refractivity contribution in [1.29, 1.82) is 0 Å². The predicted octanol–water partition coefficient (Wildman–Crippen LogP) is 3.06. The molecule has 0 saturated carbocycles. The molecule has 0 atom stereocenters. The van der Waals surface area contributed by atoms with Crippen LogP contribution in [-0.2, 0) is 24.4 Å². The summed E-state index contributed by atoms with van der Waals surface area (Å²) in [7, 11) is 0. The van der Waals surface area contributed by atoms with Gasteiger partial charge in [-0.25, -0.2) is 4.99 Å². The van der Waals surface area contributed by atoms with Crippen molar-refractivity contribution < 1.29 is 4.79 Å². The lowest BCUT2D eigenvalue weighted by Crippen LogP contribution is -2.37. The molecule has 1 amide bonds. The molecule has 5 heteroatoms. The van der Waals surface area contributed by atoms with E-state index in [1.54, 1.807) is 0 Å². The van der Waals surface area contributed by atoms with Crippen molar-refractivity contribution in [3.63, 3.8) is 0 Å². The standard InChI is InChI=1S/C22H28N4O/c1-2-23-22(24-15-18-9-4-3-5-10-18)25-16-19-11-6-7-12-20(19)17-26-14-8-13-21(26)27/h3-7,9-12H,2,8,13-17H2,1H3,(H2,23,24,25). The smallest absolute Gasteiger partial charge is 0.222 e. The van der Waals surface area contributed by atoms with E-state index in [1.807, 2.05) is 35.2 Å². The zero-order chi connectivity index (χ0) is 18.9. The molecule has 0 aromatic heterocycles. The summed E-state index contributed by atoms with van der Waals surface area (Å²) < 4.78 is 0. The number of guanidine groups is 1. The third-order valence-corrected chi connectivity index (χ3v) is 4.70. The second-order valence-electron chi connectivity index (χ2n) is 6.72. The van der Waals surface area contributed by atoms with Crippen LogP contribution in [0.5, 0.6) is 0 Å². The van der Waals surface area contributed by atoms with Crippen LogP contribution in [-0.4, -0.2) is 29.9 Å². The minimum Gasteiger partial charge on any atom is -0.357 e. The van der Waals surface area contributed by atoms with E-state index in [1.165, 1.54) is 16.7 Å². The monoisotopic (exact) mass is 364 g/mol. The molecule has 2 aromatic rings. The van der Waals surface area contributed by atoms with Crippen LogP contribution in [0.3, 0.4) is 0 Å². The molecule has 1 heterocycles. The van der Waals surface area contributed by atoms with Crippen molar-refractivity contribution in [1.82, 2.24) is 15.5 Å². The van der Waals surface area contributed by atoms with Crippen molar-refractivity contribution in [2.24, 2.45) is 4.99 Å². The molecule has 0 spiro atoms. The quantitative estimate of drug-likeness (QED) is 0.586. The summed E-state index contributed by atoms with van der Waals surface area (Å²) in [4.78, 5) is 18.6. The molecule has 1 aliphatic rings. The minimum atomic E-state index is 0.260. The van der Waals surface area contributed by atoms with Crippen LogP contribution in [0.1, 0.15) is 36.5 Å². The first-order valence-corrected chi connectivity index (χ1v) is 9.67. The Bertz CT molecular complexity index is 773. The Morgan fingerprint density at radius 3 is 2.48 bits per heavy atom. The van der Waals surface area contributed by atoms with Gasteiger partial charge in [-0.3, -0.25) is 4.79 Å². The maximum atomic E-state index is 11.9. The van der Waals surface area contributed by atoms with Gasteiger partial charge in [0.1, 0.15) is 0 Å². The highest BCUT2D eigenvalue weighted by Gasteiger charge is 2.20. The molecule has 1 fully saturated rings. The number of nitrogens with one attached hydrogen (secondary N) is 2. The largest absolute Gasteiger partial charge is 0.357 e. The molecule has 3 rings (SSSR count). The number of carbonyl (C=O) groups excluding carboxylic acids is 1. The first-order chi connectivity index (χ1) is 13.3. The number of amides is 1. The van der Waals surface area contributed by atoms with Crippen molar-refractivity contribution in [3.8, 4) is 0 Å². The molecule has 2 N–H and O–H groups in total. The van der Waals surface area contributed by atoms with Crippen molar-refractivity contribution >= 4 is 11.9 Å². The number of likely N-dealkylation sites (tertiary alicyclic amines) is 1. The van der Waals surface area contributed by atoms with Crippen molar-refractivity contribution in [3.05, 3.63) is 71.3 Å². The number of aliphatic imine (C=N–C) groups is 1. The first kappa shape index (κ1) is 19.0. The van der Waals surface area contributed by atoms with E-state index in [4.69, 9.17) is 0 Å². The second kappa shape index (κ2) is 9.76. The van der Waals surface area contributed by atoms with E-state index in [9.17, 15) is 4.79 Å². The lowest BCUT2D eigenvalue weighted by atomic mass is 10.1. The molecule has 0 bridgehead atoms. The highest BCUT2D eigenvalue weighted by atomic mass is 16.2. The van der Waals surface area contributed by atoms with Crippen LogP contribution in [0.25, 0.3) is 0 Å². The summed E-state index contributed by atoms with van der Waals surface area (Å²) >= 11 is 0. The van der Waals surface area contributed by atoms with E-state index in [-0.39, 0.29) is 5.91 Å². The zero-order valence-electron chi connectivity index (χ0n) is 15.9. The van der Waals surface area contributed by atoms with Crippen molar-refractivity contribution in [2.45, 2.75) is 39.4 Å². The summed E-state index contributed by atoms with van der Waals surface area (Å²) in [5.41, 5.74) is 3.57. The molecule has 0 unspecified atom stereocenters. The van der Waals surface area contributed by atoms with Crippen LogP contribution in [0.15, 0.2) is 59.6 Å². The average Bonchev–Trinajstić information content (AvgIpc) is 3.10. The number of carbonyl (C=O) groups is 1. The van der Waals surface area contributed by atoms with E-state index in [0.717, 1.165) is 25.5 Å². The minimum absolute atomic E-state index is 0.260. The molecular weight excluding hydrogens is 336 g/mol. The van der Waals surface area contributed by atoms with Gasteiger partial charge in [0.15, 0.2) is 5.96 Å². The zero-order valence-corrected chi connectivity index (χ0v) is 15.9. The van der Waals surface area contributed by atoms with E-state index >= 15 is 0 Å². The van der Waals surface area contributed by atoms with Crippen molar-refractivity contribution in [2.75, 3.05) is 13.1 Å². The Hall–Kier alpha value is -2.82. The van der Waals surface area contributed by atoms with Crippen LogP contribution < -0.4 is 10.6 Å². The van der Waals surface area contributed by atoms with Gasteiger partial charge in [0, 0.05) is 32.6 Å². The fraction of sp³-hybridized carbons (Fsp3) is 0.364. The predicted molar refractivity (Wildman–Crippen MR) is 109 cm³/mol. The van der Waals surface area contributed by atoms with Gasteiger partial charge in [0.05, 0.1) is 6.54 Å². The summed E-state index contributed by atoms with van der Waals surface area (Å²) in [6.45, 7) is 5.74. The van der Waals surface area contributed by atoms with E-state index in [2.05, 4.69) is 46.8 Å². The molecule has 0 radical (unpaired) electrons. The molecular formula is C22H28N4O. The summed E-state index contributed by atoms with van der Waals surface area (Å²) in [5, 5.41) is 6.72. The van der Waals surface area contributed by atoms with Crippen LogP contribution in [0.4, 0.5) is 0 Å². The van der Waals surface area contributed by atoms with Gasteiger partial charge in [0.25, 0.3) is 0 Å². The maximum Gasteiger partial charge on any atom is 0.222 e. The lowest BCUT2D eigenvalue weighted by Gasteiger charge is -2.19. The molecule has 142 valence electrons. The topological polar surface area (TPSA) is 56.7 Å². The highest BCUT2D eigenvalue weighted by molar-refractivity contribution is 5.80. The van der Waals surface area contributed by atoms with E-state index < -0.39 is 0 Å². The Balaban J connectivity index is 1.64. The normalized spacial score (nSPS) is 14.5. The fourth-order valence-corrected chi connectivity index (χ4v) is 3.24. The summed E-state index contributed by atoms with van der Waals surface area (Å²) in [6.07, 6.45) is 1.65. The fourth-order valence-electron chi connectivity index (χ4n) is 3.24. The van der Waals surface area contributed by atoms with Gasteiger partial charge in [-0.2, -0.15) is 0 Å². The molecule has 2 aromatic carbocycles. The third-order valence-electron chi connectivity index (χ3n) is 4.70. The Morgan fingerprint density at radius 2 is 1.78 bits per heavy atom. The Morgan fingerprint density at radius 1 is 1.04 bits per heavy atom. The number of nitrogens with zero attached hydrogens (tertiary/aromatic N) is 2. The lowest BCUT2D eigenvalue weighted by molar-refractivity contribution is -0.128.